The number of benzene rings is 2. The summed E-state index contributed by atoms with van der Waals surface area (Å²) in [7, 11) is 1.70. The SMILES string of the molecule is COc1ccc(C2CN(CCCO)Cc3cc(OCCCN4CCCCC4)ccc32)cc1. The van der Waals surface area contributed by atoms with Gasteiger partial charge in [0.15, 0.2) is 0 Å². The average molecular weight is 439 g/mol. The second kappa shape index (κ2) is 11.7. The van der Waals surface area contributed by atoms with Crippen LogP contribution in [-0.4, -0.2) is 68.0 Å². The van der Waals surface area contributed by atoms with Gasteiger partial charge in [-0.2, -0.15) is 0 Å². The minimum absolute atomic E-state index is 0.233. The highest BCUT2D eigenvalue weighted by molar-refractivity contribution is 5.45. The second-order valence-electron chi connectivity index (χ2n) is 9.10. The van der Waals surface area contributed by atoms with Gasteiger partial charge in [0, 0.05) is 38.7 Å². The summed E-state index contributed by atoms with van der Waals surface area (Å²) in [6.07, 6.45) is 5.95. The van der Waals surface area contributed by atoms with Gasteiger partial charge < -0.3 is 19.5 Å². The van der Waals surface area contributed by atoms with Crippen LogP contribution in [0.4, 0.5) is 0 Å². The molecule has 0 amide bonds. The Morgan fingerprint density at radius 2 is 1.66 bits per heavy atom. The molecule has 32 heavy (non-hydrogen) atoms. The molecule has 0 aliphatic carbocycles. The highest BCUT2D eigenvalue weighted by Crippen LogP contribution is 2.36. The molecule has 1 unspecified atom stereocenters. The summed E-state index contributed by atoms with van der Waals surface area (Å²) in [4.78, 5) is 5.02. The normalized spacial score (nSPS) is 19.5. The number of fused-ring (bicyclic) bond motifs is 1. The third-order valence-electron chi connectivity index (χ3n) is 6.81. The monoisotopic (exact) mass is 438 g/mol. The van der Waals surface area contributed by atoms with E-state index in [2.05, 4.69) is 40.1 Å². The quantitative estimate of drug-likeness (QED) is 0.561. The Morgan fingerprint density at radius 3 is 2.41 bits per heavy atom. The first-order valence-corrected chi connectivity index (χ1v) is 12.2. The smallest absolute Gasteiger partial charge is 0.119 e. The van der Waals surface area contributed by atoms with Crippen molar-refractivity contribution in [1.82, 2.24) is 9.80 Å². The molecule has 174 valence electrons. The van der Waals surface area contributed by atoms with Crippen molar-refractivity contribution in [3.63, 3.8) is 0 Å². The molecule has 2 aromatic rings. The molecule has 5 nitrogen and oxygen atoms in total. The highest BCUT2D eigenvalue weighted by Gasteiger charge is 2.27. The molecule has 0 aromatic heterocycles. The molecule has 2 aromatic carbocycles. The van der Waals surface area contributed by atoms with Crippen LogP contribution >= 0.6 is 0 Å². The number of rotatable bonds is 10. The minimum Gasteiger partial charge on any atom is -0.497 e. The van der Waals surface area contributed by atoms with Crippen molar-refractivity contribution in [2.45, 2.75) is 44.6 Å². The molecule has 1 N–H and O–H groups in total. The largest absolute Gasteiger partial charge is 0.497 e. The lowest BCUT2D eigenvalue weighted by molar-refractivity contribution is 0.201. The predicted octanol–water partition coefficient (Wildman–Crippen LogP) is 4.28. The first-order valence-electron chi connectivity index (χ1n) is 12.2. The van der Waals surface area contributed by atoms with Crippen LogP contribution in [0.1, 0.15) is 54.7 Å². The molecular weight excluding hydrogens is 400 g/mol. The van der Waals surface area contributed by atoms with E-state index < -0.39 is 0 Å². The lowest BCUT2D eigenvalue weighted by Gasteiger charge is -2.35. The summed E-state index contributed by atoms with van der Waals surface area (Å²) in [5.41, 5.74) is 4.02. The number of methoxy groups -OCH3 is 1. The van der Waals surface area contributed by atoms with E-state index in [9.17, 15) is 5.11 Å². The number of aliphatic hydroxyl groups is 1. The summed E-state index contributed by atoms with van der Waals surface area (Å²) < 4.78 is 11.5. The number of nitrogens with zero attached hydrogens (tertiary/aromatic N) is 2. The molecule has 4 rings (SSSR count). The zero-order chi connectivity index (χ0) is 22.2. The summed E-state index contributed by atoms with van der Waals surface area (Å²) in [5, 5.41) is 9.33. The first-order chi connectivity index (χ1) is 15.8. The number of aliphatic hydroxyl groups excluding tert-OH is 1. The van der Waals surface area contributed by atoms with Gasteiger partial charge in [0.05, 0.1) is 13.7 Å². The van der Waals surface area contributed by atoms with Crippen molar-refractivity contribution < 1.29 is 14.6 Å². The van der Waals surface area contributed by atoms with Crippen molar-refractivity contribution in [1.29, 1.82) is 0 Å². The van der Waals surface area contributed by atoms with Gasteiger partial charge in [-0.05, 0) is 79.7 Å². The molecule has 1 saturated heterocycles. The van der Waals surface area contributed by atoms with Crippen LogP contribution in [-0.2, 0) is 6.54 Å². The fourth-order valence-electron chi connectivity index (χ4n) is 5.06. The van der Waals surface area contributed by atoms with E-state index >= 15 is 0 Å². The Morgan fingerprint density at radius 1 is 0.906 bits per heavy atom. The van der Waals surface area contributed by atoms with Crippen molar-refractivity contribution in [2.75, 3.05) is 53.0 Å². The maximum Gasteiger partial charge on any atom is 0.119 e. The highest BCUT2D eigenvalue weighted by atomic mass is 16.5. The first kappa shape index (κ1) is 23.1. The van der Waals surface area contributed by atoms with Crippen LogP contribution in [0.15, 0.2) is 42.5 Å². The predicted molar refractivity (Wildman–Crippen MR) is 129 cm³/mol. The molecule has 2 heterocycles. The van der Waals surface area contributed by atoms with E-state index in [-0.39, 0.29) is 6.61 Å². The second-order valence-corrected chi connectivity index (χ2v) is 9.10. The number of likely N-dealkylation sites (tertiary alicyclic amines) is 1. The van der Waals surface area contributed by atoms with Crippen molar-refractivity contribution in [2.24, 2.45) is 0 Å². The molecule has 0 bridgehead atoms. The molecule has 2 aliphatic heterocycles. The Kier molecular flexibility index (Phi) is 8.43. The maximum absolute atomic E-state index is 9.33. The summed E-state index contributed by atoms with van der Waals surface area (Å²) in [5.74, 6) is 2.17. The third kappa shape index (κ3) is 6.03. The zero-order valence-corrected chi connectivity index (χ0v) is 19.5. The average Bonchev–Trinajstić information content (AvgIpc) is 2.85. The molecule has 1 fully saturated rings. The summed E-state index contributed by atoms with van der Waals surface area (Å²) in [6.45, 7) is 7.41. The Bertz CT molecular complexity index is 833. The van der Waals surface area contributed by atoms with E-state index in [4.69, 9.17) is 9.47 Å². The van der Waals surface area contributed by atoms with Gasteiger partial charge in [0.25, 0.3) is 0 Å². The Balaban J connectivity index is 1.43. The molecule has 0 saturated carbocycles. The fourth-order valence-corrected chi connectivity index (χ4v) is 5.06. The lowest BCUT2D eigenvalue weighted by Crippen LogP contribution is -2.35. The molecule has 0 radical (unpaired) electrons. The standard InChI is InChI=1S/C27H38N2O3/c1-31-24-9-7-22(8-10-24)27-21-29(15-5-17-30)20-23-19-25(11-12-26(23)27)32-18-6-16-28-13-3-2-4-14-28/h7-12,19,27,30H,2-6,13-18,20-21H2,1H3. The van der Waals surface area contributed by atoms with Gasteiger partial charge in [0.1, 0.15) is 11.5 Å². The van der Waals surface area contributed by atoms with Gasteiger partial charge in [-0.15, -0.1) is 0 Å². The molecular formula is C27H38N2O3. The van der Waals surface area contributed by atoms with Crippen LogP contribution < -0.4 is 9.47 Å². The minimum atomic E-state index is 0.233. The van der Waals surface area contributed by atoms with E-state index in [1.807, 2.05) is 12.1 Å². The molecule has 1 atom stereocenters. The number of ether oxygens (including phenoxy) is 2. The van der Waals surface area contributed by atoms with Crippen LogP contribution in [0, 0.1) is 0 Å². The number of piperidine rings is 1. The van der Waals surface area contributed by atoms with Crippen LogP contribution in [0.5, 0.6) is 11.5 Å². The summed E-state index contributed by atoms with van der Waals surface area (Å²) >= 11 is 0. The van der Waals surface area contributed by atoms with Gasteiger partial charge in [-0.3, -0.25) is 4.90 Å². The van der Waals surface area contributed by atoms with Crippen molar-refractivity contribution in [3.8, 4) is 11.5 Å². The van der Waals surface area contributed by atoms with Crippen molar-refractivity contribution >= 4 is 0 Å². The third-order valence-corrected chi connectivity index (χ3v) is 6.81. The number of hydrogen-bond acceptors (Lipinski definition) is 5. The van der Waals surface area contributed by atoms with E-state index in [0.29, 0.717) is 5.92 Å². The van der Waals surface area contributed by atoms with E-state index in [0.717, 1.165) is 57.1 Å². The van der Waals surface area contributed by atoms with Gasteiger partial charge >= 0.3 is 0 Å². The van der Waals surface area contributed by atoms with E-state index in [1.165, 1.54) is 49.0 Å². The molecule has 0 spiro atoms. The zero-order valence-electron chi connectivity index (χ0n) is 19.5. The van der Waals surface area contributed by atoms with Crippen LogP contribution in [0.3, 0.4) is 0 Å². The Labute approximate surface area is 192 Å². The lowest BCUT2D eigenvalue weighted by atomic mass is 9.84. The van der Waals surface area contributed by atoms with Crippen LogP contribution in [0.25, 0.3) is 0 Å². The fraction of sp³-hybridized carbons (Fsp3) is 0.556. The van der Waals surface area contributed by atoms with Crippen molar-refractivity contribution in [3.05, 3.63) is 59.2 Å². The topological polar surface area (TPSA) is 45.2 Å². The molecule has 5 heteroatoms. The van der Waals surface area contributed by atoms with Gasteiger partial charge in [0.2, 0.25) is 0 Å². The summed E-state index contributed by atoms with van der Waals surface area (Å²) in [6, 6.07) is 15.1. The van der Waals surface area contributed by atoms with Crippen LogP contribution in [0.2, 0.25) is 0 Å². The van der Waals surface area contributed by atoms with Gasteiger partial charge in [-0.1, -0.05) is 24.6 Å². The maximum atomic E-state index is 9.33. The number of hydrogen-bond donors (Lipinski definition) is 1. The van der Waals surface area contributed by atoms with Gasteiger partial charge in [-0.25, -0.2) is 0 Å². The van der Waals surface area contributed by atoms with E-state index in [1.54, 1.807) is 7.11 Å². The molecule has 2 aliphatic rings. The Hall–Kier alpha value is -2.08.